The predicted molar refractivity (Wildman–Crippen MR) is 112 cm³/mol. The van der Waals surface area contributed by atoms with E-state index in [0.29, 0.717) is 17.1 Å². The molecule has 0 aliphatic carbocycles. The van der Waals surface area contributed by atoms with Crippen molar-refractivity contribution in [2.75, 3.05) is 5.32 Å². The summed E-state index contributed by atoms with van der Waals surface area (Å²) in [6.07, 6.45) is 0.498. The van der Waals surface area contributed by atoms with Crippen molar-refractivity contribution in [2.24, 2.45) is 0 Å². The number of nitrogens with zero attached hydrogens (tertiary/aromatic N) is 1. The fraction of sp³-hybridized carbons (Fsp3) is 0.273. The second-order valence-corrected chi connectivity index (χ2v) is 7.37. The first-order valence-corrected chi connectivity index (χ1v) is 9.39. The minimum Gasteiger partial charge on any atom is -0.324 e. The summed E-state index contributed by atoms with van der Waals surface area (Å²) in [6, 6.07) is 12.1. The van der Waals surface area contributed by atoms with Gasteiger partial charge in [-0.1, -0.05) is 36.2 Å². The quantitative estimate of drug-likeness (QED) is 0.676. The van der Waals surface area contributed by atoms with Crippen molar-refractivity contribution in [3.63, 3.8) is 0 Å². The summed E-state index contributed by atoms with van der Waals surface area (Å²) in [4.78, 5) is 25.9. The number of aromatic nitrogens is 1. The molecule has 27 heavy (non-hydrogen) atoms. The number of hydrogen-bond acceptors (Lipinski definition) is 2. The third-order valence-corrected chi connectivity index (χ3v) is 5.02. The third kappa shape index (κ3) is 3.76. The van der Waals surface area contributed by atoms with Gasteiger partial charge in [0.2, 0.25) is 5.91 Å². The molecule has 0 saturated heterocycles. The lowest BCUT2D eigenvalue weighted by atomic mass is 10.0. The first-order chi connectivity index (χ1) is 12.8. The number of hydrogen-bond donors (Lipinski definition) is 1. The van der Waals surface area contributed by atoms with Crippen molar-refractivity contribution in [3.05, 3.63) is 74.5 Å². The van der Waals surface area contributed by atoms with Crippen LogP contribution in [0.1, 0.15) is 36.1 Å². The Balaban J connectivity index is 2.14. The number of rotatable bonds is 4. The van der Waals surface area contributed by atoms with E-state index in [4.69, 9.17) is 11.6 Å². The lowest BCUT2D eigenvalue weighted by molar-refractivity contribution is -0.119. The van der Waals surface area contributed by atoms with Crippen molar-refractivity contribution < 1.29 is 4.79 Å². The van der Waals surface area contributed by atoms with Gasteiger partial charge in [0, 0.05) is 22.2 Å². The summed E-state index contributed by atoms with van der Waals surface area (Å²) in [5.74, 6) is -0.230. The lowest BCUT2D eigenvalue weighted by Crippen LogP contribution is -2.33. The summed E-state index contributed by atoms with van der Waals surface area (Å²) in [6.45, 7) is 7.85. The molecule has 0 radical (unpaired) electrons. The normalized spacial score (nSPS) is 12.2. The molecule has 0 aliphatic rings. The van der Waals surface area contributed by atoms with E-state index in [-0.39, 0.29) is 11.5 Å². The smallest absolute Gasteiger partial charge is 0.252 e. The highest BCUT2D eigenvalue weighted by Gasteiger charge is 2.23. The van der Waals surface area contributed by atoms with Crippen molar-refractivity contribution in [1.29, 1.82) is 0 Å². The number of carbonyl (C=O) groups excluding carboxylic acids is 1. The highest BCUT2D eigenvalue weighted by atomic mass is 35.5. The fourth-order valence-electron chi connectivity index (χ4n) is 3.61. The van der Waals surface area contributed by atoms with Crippen LogP contribution >= 0.6 is 11.6 Å². The van der Waals surface area contributed by atoms with Gasteiger partial charge in [0.05, 0.1) is 5.52 Å². The van der Waals surface area contributed by atoms with E-state index in [1.54, 1.807) is 34.9 Å². The molecule has 0 saturated carbocycles. The third-order valence-electron chi connectivity index (χ3n) is 4.78. The van der Waals surface area contributed by atoms with Crippen molar-refractivity contribution in [2.45, 2.75) is 40.2 Å². The Morgan fingerprint density at radius 1 is 1.11 bits per heavy atom. The Bertz CT molecular complexity index is 1090. The summed E-state index contributed by atoms with van der Waals surface area (Å²) in [5, 5.41) is 4.43. The second kappa shape index (κ2) is 7.57. The zero-order chi connectivity index (χ0) is 19.7. The van der Waals surface area contributed by atoms with E-state index in [2.05, 4.69) is 11.4 Å². The molecule has 1 heterocycles. The topological polar surface area (TPSA) is 51.1 Å². The molecule has 0 bridgehead atoms. The molecule has 0 fully saturated rings. The van der Waals surface area contributed by atoms with Gasteiger partial charge >= 0.3 is 0 Å². The number of nitrogens with one attached hydrogen (secondary N) is 1. The molecular formula is C22H23ClN2O2. The molecule has 1 unspecified atom stereocenters. The zero-order valence-electron chi connectivity index (χ0n) is 16.0. The molecule has 3 rings (SSSR count). The highest BCUT2D eigenvalue weighted by Crippen LogP contribution is 2.26. The maximum atomic E-state index is 13.0. The molecule has 1 amide bonds. The Morgan fingerprint density at radius 2 is 1.85 bits per heavy atom. The van der Waals surface area contributed by atoms with Crippen molar-refractivity contribution in [3.8, 4) is 0 Å². The van der Waals surface area contributed by atoms with E-state index >= 15 is 0 Å². The van der Waals surface area contributed by atoms with Crippen LogP contribution < -0.4 is 10.9 Å². The molecule has 5 heteroatoms. The second-order valence-electron chi connectivity index (χ2n) is 6.94. The summed E-state index contributed by atoms with van der Waals surface area (Å²) < 4.78 is 1.62. The average Bonchev–Trinajstić information content (AvgIpc) is 2.58. The minimum absolute atomic E-state index is 0.167. The molecule has 3 aromatic rings. The highest BCUT2D eigenvalue weighted by molar-refractivity contribution is 6.30. The summed E-state index contributed by atoms with van der Waals surface area (Å²) in [5.41, 5.74) is 4.30. The fourth-order valence-corrected chi connectivity index (χ4v) is 3.80. The standard InChI is InChI=1S/C22H23ClN2O2/c1-5-19(22(27)24-17-8-6-7-16(23)12-17)25-20(26)11-14(3)18-10-13(2)9-15(4)21(18)25/h6-12,19H,5H2,1-4H3,(H,24,27). The van der Waals surface area contributed by atoms with Crippen molar-refractivity contribution >= 4 is 34.1 Å². The van der Waals surface area contributed by atoms with Crippen LogP contribution in [0.5, 0.6) is 0 Å². The van der Waals surface area contributed by atoms with Gasteiger partial charge in [-0.3, -0.25) is 14.2 Å². The number of amides is 1. The van der Waals surface area contributed by atoms with E-state index < -0.39 is 6.04 Å². The van der Waals surface area contributed by atoms with Crippen LogP contribution in [0.25, 0.3) is 10.9 Å². The lowest BCUT2D eigenvalue weighted by Gasteiger charge is -2.22. The van der Waals surface area contributed by atoms with E-state index in [1.165, 1.54) is 0 Å². The monoisotopic (exact) mass is 382 g/mol. The van der Waals surface area contributed by atoms with Crippen LogP contribution in [0.4, 0.5) is 5.69 Å². The van der Waals surface area contributed by atoms with Gasteiger partial charge in [-0.25, -0.2) is 0 Å². The molecule has 140 valence electrons. The van der Waals surface area contributed by atoms with Gasteiger partial charge in [-0.2, -0.15) is 0 Å². The zero-order valence-corrected chi connectivity index (χ0v) is 16.7. The molecular weight excluding hydrogens is 360 g/mol. The maximum absolute atomic E-state index is 13.0. The molecule has 2 aromatic carbocycles. The van der Waals surface area contributed by atoms with Crippen LogP contribution in [0.2, 0.25) is 5.02 Å². The Morgan fingerprint density at radius 3 is 2.52 bits per heavy atom. The van der Waals surface area contributed by atoms with Crippen LogP contribution in [0.3, 0.4) is 0 Å². The first kappa shape index (κ1) is 19.2. The molecule has 0 aliphatic heterocycles. The van der Waals surface area contributed by atoms with E-state index in [9.17, 15) is 9.59 Å². The van der Waals surface area contributed by atoms with Gasteiger partial charge in [0.15, 0.2) is 0 Å². The first-order valence-electron chi connectivity index (χ1n) is 9.01. The summed E-state index contributed by atoms with van der Waals surface area (Å²) >= 11 is 6.01. The van der Waals surface area contributed by atoms with Gasteiger partial charge in [-0.15, -0.1) is 0 Å². The van der Waals surface area contributed by atoms with Crippen LogP contribution in [0, 0.1) is 20.8 Å². The SMILES string of the molecule is CCC(C(=O)Nc1cccc(Cl)c1)n1c(=O)cc(C)c2cc(C)cc(C)c21. The number of anilines is 1. The number of halogens is 1. The maximum Gasteiger partial charge on any atom is 0.252 e. The molecule has 1 atom stereocenters. The number of benzene rings is 2. The average molecular weight is 383 g/mol. The van der Waals surface area contributed by atoms with Gasteiger partial charge in [-0.05, 0) is 62.6 Å². The molecule has 1 aromatic heterocycles. The molecule has 4 nitrogen and oxygen atoms in total. The number of fused-ring (bicyclic) bond motifs is 1. The molecule has 1 N–H and O–H groups in total. The van der Waals surface area contributed by atoms with E-state index in [0.717, 1.165) is 27.6 Å². The molecule has 0 spiro atoms. The van der Waals surface area contributed by atoms with Crippen LogP contribution in [0.15, 0.2) is 47.3 Å². The van der Waals surface area contributed by atoms with Crippen LogP contribution in [-0.2, 0) is 4.79 Å². The van der Waals surface area contributed by atoms with Crippen molar-refractivity contribution in [1.82, 2.24) is 4.57 Å². The Kier molecular flexibility index (Phi) is 5.38. The van der Waals surface area contributed by atoms with Crippen LogP contribution in [-0.4, -0.2) is 10.5 Å². The van der Waals surface area contributed by atoms with E-state index in [1.807, 2.05) is 33.8 Å². The largest absolute Gasteiger partial charge is 0.324 e. The van der Waals surface area contributed by atoms with Gasteiger partial charge in [0.1, 0.15) is 6.04 Å². The van der Waals surface area contributed by atoms with Gasteiger partial charge < -0.3 is 5.32 Å². The Labute approximate surface area is 163 Å². The minimum atomic E-state index is -0.610. The summed E-state index contributed by atoms with van der Waals surface area (Å²) in [7, 11) is 0. The number of carbonyl (C=O) groups is 1. The van der Waals surface area contributed by atoms with Gasteiger partial charge in [0.25, 0.3) is 5.56 Å². The Hall–Kier alpha value is -2.59. The predicted octanol–water partition coefficient (Wildman–Crippen LogP) is 5.17. The number of pyridine rings is 1. The number of aryl methyl sites for hydroxylation is 3.